The first kappa shape index (κ1) is 7.66. The molecule has 3 heteroatoms. The van der Waals surface area contributed by atoms with Crippen LogP contribution in [-0.2, 0) is 7.48 Å². The molecule has 0 aromatic rings. The van der Waals surface area contributed by atoms with Gasteiger partial charge in [-0.3, -0.25) is 0 Å². The average molecular weight is 318 g/mol. The molecule has 2 nitrogen and oxygen atoms in total. The molecular formula is C6H9O2Tl. The molecule has 0 bridgehead atoms. The van der Waals surface area contributed by atoms with Gasteiger partial charge in [-0.15, -0.1) is 0 Å². The van der Waals surface area contributed by atoms with Gasteiger partial charge in [0.2, 0.25) is 0 Å². The standard InChI is InChI=1S/C6H9O2.Tl/c7-4-5-2-1-3-6(5)8;/h4-6H,1-3H2;/q-1;+1/t5-,6+;/m0./s1. The van der Waals surface area contributed by atoms with Gasteiger partial charge in [-0.2, -0.15) is 0 Å². The summed E-state index contributed by atoms with van der Waals surface area (Å²) in [5, 5.41) is 0. The molecule has 0 aromatic carbocycles. The van der Waals surface area contributed by atoms with Gasteiger partial charge in [-0.05, 0) is 0 Å². The molecule has 9 heavy (non-hydrogen) atoms. The fourth-order valence-corrected chi connectivity index (χ4v) is 2.59. The summed E-state index contributed by atoms with van der Waals surface area (Å²) in [7, 11) is 0. The molecule has 1 aliphatic carbocycles. The van der Waals surface area contributed by atoms with Crippen molar-refractivity contribution in [2.75, 3.05) is 0 Å². The van der Waals surface area contributed by atoms with E-state index in [1.807, 2.05) is 0 Å². The molecule has 0 aliphatic heterocycles. The predicted molar refractivity (Wildman–Crippen MR) is 34.0 cm³/mol. The normalized spacial score (nSPS) is 34.6. The Kier molecular flexibility index (Phi) is 3.11. The van der Waals surface area contributed by atoms with Gasteiger partial charge in [-0.1, -0.05) is 0 Å². The third-order valence-corrected chi connectivity index (χ3v) is 3.21. The average Bonchev–Trinajstić information content (AvgIpc) is 2.33. The molecule has 2 atom stereocenters. The Bertz CT molecular complexity index is 105. The van der Waals surface area contributed by atoms with E-state index >= 15 is 0 Å². The SMILES string of the molecule is O=C[C@@H]1CCC[C@H]1[O][Tl]. The van der Waals surface area contributed by atoms with Crippen LogP contribution in [-0.4, -0.2) is 38.6 Å². The Labute approximate surface area is 71.3 Å². The van der Waals surface area contributed by atoms with E-state index in [1.54, 1.807) is 0 Å². The predicted octanol–water partition coefficient (Wildman–Crippen LogP) is 0.454. The van der Waals surface area contributed by atoms with Crippen LogP contribution in [0.15, 0.2) is 0 Å². The molecular weight excluding hydrogens is 308 g/mol. The third-order valence-electron chi connectivity index (χ3n) is 1.85. The number of rotatable bonds is 2. The number of aldehydes is 1. The Hall–Kier alpha value is 0.552. The molecule has 0 aromatic heterocycles. The van der Waals surface area contributed by atoms with Gasteiger partial charge in [0.25, 0.3) is 0 Å². The van der Waals surface area contributed by atoms with Gasteiger partial charge in [0.05, 0.1) is 0 Å². The molecule has 0 unspecified atom stereocenters. The van der Waals surface area contributed by atoms with Crippen molar-refractivity contribution in [3.63, 3.8) is 0 Å². The van der Waals surface area contributed by atoms with Crippen LogP contribution < -0.4 is 0 Å². The Morgan fingerprint density at radius 2 is 2.33 bits per heavy atom. The minimum absolute atomic E-state index is 0.218. The Balaban J connectivity index is 2.41. The van der Waals surface area contributed by atoms with Crippen molar-refractivity contribution < 1.29 is 7.48 Å². The zero-order valence-electron chi connectivity index (χ0n) is 5.25. The maximum atomic E-state index is 10.3. The zero-order valence-corrected chi connectivity index (χ0v) is 9.74. The fourth-order valence-electron chi connectivity index (χ4n) is 1.28. The summed E-state index contributed by atoms with van der Waals surface area (Å²) < 4.78 is 5.25. The summed E-state index contributed by atoms with van der Waals surface area (Å²) in [5.74, 6) is 0.218. The van der Waals surface area contributed by atoms with Crippen LogP contribution in [0, 0.1) is 5.92 Å². The van der Waals surface area contributed by atoms with Crippen molar-refractivity contribution in [1.82, 2.24) is 0 Å². The van der Waals surface area contributed by atoms with E-state index in [1.165, 1.54) is 6.42 Å². The summed E-state index contributed by atoms with van der Waals surface area (Å²) in [6, 6.07) is 0. The van der Waals surface area contributed by atoms with E-state index in [0.717, 1.165) is 19.1 Å². The van der Waals surface area contributed by atoms with Gasteiger partial charge in [0.15, 0.2) is 0 Å². The second-order valence-electron chi connectivity index (χ2n) is 2.41. The molecule has 1 fully saturated rings. The van der Waals surface area contributed by atoms with E-state index in [2.05, 4.69) is 0 Å². The van der Waals surface area contributed by atoms with E-state index in [-0.39, 0.29) is 12.0 Å². The van der Waals surface area contributed by atoms with Gasteiger partial charge >= 0.3 is 71.3 Å². The van der Waals surface area contributed by atoms with Crippen molar-refractivity contribution in [3.8, 4) is 0 Å². The summed E-state index contributed by atoms with van der Waals surface area (Å²) in [5.41, 5.74) is 0. The first-order chi connectivity index (χ1) is 4.38. The van der Waals surface area contributed by atoms with Crippen LogP contribution in [0.4, 0.5) is 0 Å². The van der Waals surface area contributed by atoms with Crippen LogP contribution in [0.3, 0.4) is 0 Å². The third kappa shape index (κ3) is 1.73. The topological polar surface area (TPSA) is 26.3 Å². The Morgan fingerprint density at radius 3 is 2.78 bits per heavy atom. The summed E-state index contributed by atoms with van der Waals surface area (Å²) in [4.78, 5) is 10.3. The molecule has 0 saturated heterocycles. The maximum absolute atomic E-state index is 10.3. The van der Waals surface area contributed by atoms with Crippen molar-refractivity contribution in [2.24, 2.45) is 5.92 Å². The molecule has 0 radical (unpaired) electrons. The molecule has 48 valence electrons. The van der Waals surface area contributed by atoms with E-state index in [4.69, 9.17) is 2.69 Å². The van der Waals surface area contributed by atoms with Gasteiger partial charge in [-0.25, -0.2) is 0 Å². The van der Waals surface area contributed by atoms with Crippen LogP contribution in [0.1, 0.15) is 19.3 Å². The molecule has 0 N–H and O–H groups in total. The van der Waals surface area contributed by atoms with Gasteiger partial charge in [0, 0.05) is 0 Å². The molecule has 1 aliphatic rings. The van der Waals surface area contributed by atoms with E-state index in [9.17, 15) is 4.79 Å². The second-order valence-corrected chi connectivity index (χ2v) is 3.46. The first-order valence-electron chi connectivity index (χ1n) is 3.19. The quantitative estimate of drug-likeness (QED) is 0.546. The molecule has 1 rings (SSSR count). The molecule has 0 spiro atoms. The molecule has 0 heterocycles. The summed E-state index contributed by atoms with van der Waals surface area (Å²) >= 11 is 0.584. The van der Waals surface area contributed by atoms with Crippen molar-refractivity contribution in [3.05, 3.63) is 0 Å². The van der Waals surface area contributed by atoms with E-state index < -0.39 is 0 Å². The van der Waals surface area contributed by atoms with Crippen molar-refractivity contribution in [1.29, 1.82) is 0 Å². The number of hydrogen-bond donors (Lipinski definition) is 0. The fraction of sp³-hybridized carbons (Fsp3) is 0.833. The van der Waals surface area contributed by atoms with Crippen LogP contribution >= 0.6 is 0 Å². The van der Waals surface area contributed by atoms with Crippen LogP contribution in [0.5, 0.6) is 0 Å². The monoisotopic (exact) mass is 318 g/mol. The first-order valence-corrected chi connectivity index (χ1v) is 5.02. The number of carbonyl (C=O) groups excluding carboxylic acids is 1. The second kappa shape index (κ2) is 3.65. The van der Waals surface area contributed by atoms with Crippen molar-refractivity contribution >= 4 is 32.5 Å². The molecule has 0 amide bonds. The van der Waals surface area contributed by atoms with Crippen LogP contribution in [0.25, 0.3) is 0 Å². The summed E-state index contributed by atoms with van der Waals surface area (Å²) in [6.45, 7) is 0. The minimum atomic E-state index is 0.218. The van der Waals surface area contributed by atoms with Crippen LogP contribution in [0.2, 0.25) is 0 Å². The van der Waals surface area contributed by atoms with Gasteiger partial charge < -0.3 is 0 Å². The summed E-state index contributed by atoms with van der Waals surface area (Å²) in [6.07, 6.45) is 4.63. The number of carbonyl (C=O) groups is 1. The zero-order chi connectivity index (χ0) is 6.69. The molecule has 1 saturated carbocycles. The van der Waals surface area contributed by atoms with Gasteiger partial charge in [0.1, 0.15) is 0 Å². The number of hydrogen-bond acceptors (Lipinski definition) is 2. The Morgan fingerprint density at radius 1 is 1.56 bits per heavy atom. The van der Waals surface area contributed by atoms with Crippen molar-refractivity contribution in [2.45, 2.75) is 25.4 Å². The van der Waals surface area contributed by atoms with E-state index in [0.29, 0.717) is 26.2 Å².